The number of amides is 2. The zero-order valence-corrected chi connectivity index (χ0v) is 19.6. The van der Waals surface area contributed by atoms with Gasteiger partial charge in [-0.1, -0.05) is 55.5 Å². The van der Waals surface area contributed by atoms with E-state index in [-0.39, 0.29) is 25.0 Å². The van der Waals surface area contributed by atoms with Crippen LogP contribution >= 0.6 is 0 Å². The van der Waals surface area contributed by atoms with E-state index in [4.69, 9.17) is 9.84 Å². The maximum atomic E-state index is 13.2. The minimum Gasteiger partial charge on any atom is -0.480 e. The van der Waals surface area contributed by atoms with Gasteiger partial charge >= 0.3 is 12.1 Å². The second kappa shape index (κ2) is 9.85. The fourth-order valence-electron chi connectivity index (χ4n) is 4.80. The molecule has 8 heteroatoms. The van der Waals surface area contributed by atoms with Crippen LogP contribution in [0.15, 0.2) is 48.5 Å². The molecule has 1 atom stereocenters. The van der Waals surface area contributed by atoms with Crippen molar-refractivity contribution in [1.29, 1.82) is 0 Å². The summed E-state index contributed by atoms with van der Waals surface area (Å²) in [6.45, 7) is 5.53. The number of benzene rings is 2. The molecule has 0 bridgehead atoms. The number of piperazine rings is 1. The van der Waals surface area contributed by atoms with Crippen molar-refractivity contribution in [3.05, 3.63) is 59.7 Å². The van der Waals surface area contributed by atoms with E-state index in [1.807, 2.05) is 31.2 Å². The zero-order chi connectivity index (χ0) is 24.3. The van der Waals surface area contributed by atoms with Crippen LogP contribution in [0.1, 0.15) is 37.3 Å². The lowest BCUT2D eigenvalue weighted by molar-refractivity contribution is -0.141. The molecule has 1 aliphatic heterocycles. The van der Waals surface area contributed by atoms with E-state index in [1.54, 1.807) is 16.7 Å². The van der Waals surface area contributed by atoms with Gasteiger partial charge in [0.2, 0.25) is 5.91 Å². The number of nitrogens with one attached hydrogen (secondary N) is 1. The van der Waals surface area contributed by atoms with Crippen molar-refractivity contribution >= 4 is 18.0 Å². The molecule has 1 fully saturated rings. The zero-order valence-electron chi connectivity index (χ0n) is 19.6. The molecular weight excluding hydrogens is 434 g/mol. The van der Waals surface area contributed by atoms with Gasteiger partial charge in [0.15, 0.2) is 0 Å². The molecule has 0 spiro atoms. The summed E-state index contributed by atoms with van der Waals surface area (Å²) in [4.78, 5) is 40.4. The van der Waals surface area contributed by atoms with Gasteiger partial charge in [-0.25, -0.2) is 4.79 Å². The van der Waals surface area contributed by atoms with Gasteiger partial charge in [-0.2, -0.15) is 0 Å². The van der Waals surface area contributed by atoms with E-state index in [0.717, 1.165) is 22.3 Å². The minimum atomic E-state index is -1.10. The molecule has 2 aromatic carbocycles. The molecule has 2 aliphatic rings. The van der Waals surface area contributed by atoms with Crippen molar-refractivity contribution in [1.82, 2.24) is 15.1 Å². The Balaban J connectivity index is 1.37. The smallest absolute Gasteiger partial charge is 0.408 e. The normalized spacial score (nSPS) is 17.4. The van der Waals surface area contributed by atoms with Crippen molar-refractivity contribution in [2.24, 2.45) is 0 Å². The second-order valence-electron chi connectivity index (χ2n) is 9.10. The summed E-state index contributed by atoms with van der Waals surface area (Å²) < 4.78 is 5.64. The molecule has 1 unspecified atom stereocenters. The number of carboxylic acids is 1. The van der Waals surface area contributed by atoms with Crippen LogP contribution in [0.25, 0.3) is 11.1 Å². The monoisotopic (exact) mass is 465 g/mol. The van der Waals surface area contributed by atoms with Crippen LogP contribution in [0, 0.1) is 0 Å². The highest BCUT2D eigenvalue weighted by Gasteiger charge is 2.38. The lowest BCUT2D eigenvalue weighted by atomic mass is 9.96. The molecular formula is C26H31N3O5. The summed E-state index contributed by atoms with van der Waals surface area (Å²) in [5.41, 5.74) is 3.47. The average Bonchev–Trinajstić information content (AvgIpc) is 3.16. The first-order valence-electron chi connectivity index (χ1n) is 11.7. The summed E-state index contributed by atoms with van der Waals surface area (Å²) in [6, 6.07) is 16.3. The van der Waals surface area contributed by atoms with Gasteiger partial charge in [0.25, 0.3) is 0 Å². The third-order valence-corrected chi connectivity index (χ3v) is 6.92. The lowest BCUT2D eigenvalue weighted by Crippen LogP contribution is -2.61. The molecule has 2 aromatic rings. The van der Waals surface area contributed by atoms with Crippen LogP contribution in [0.5, 0.6) is 0 Å². The number of carbonyl (C=O) groups is 3. The maximum Gasteiger partial charge on any atom is 0.408 e. The van der Waals surface area contributed by atoms with E-state index in [9.17, 15) is 14.4 Å². The number of aliphatic carboxylic acids is 1. The minimum absolute atomic E-state index is 0.0366. The fraction of sp³-hybridized carbons (Fsp3) is 0.423. The van der Waals surface area contributed by atoms with E-state index in [1.165, 1.54) is 0 Å². The third-order valence-electron chi connectivity index (χ3n) is 6.92. The standard InChI is InChI=1S/C26H31N3O5/c1-3-26(2,24(32)29-14-12-28(13-15-29)16-23(30)31)27-25(33)34-17-22-20-10-6-4-8-18(20)19-9-5-7-11-21(19)22/h4-11,22H,3,12-17H2,1-2H3,(H,27,33)(H,30,31). The number of hydrogen-bond acceptors (Lipinski definition) is 5. The maximum absolute atomic E-state index is 13.2. The first-order valence-corrected chi connectivity index (χ1v) is 11.7. The van der Waals surface area contributed by atoms with E-state index in [2.05, 4.69) is 29.6 Å². The van der Waals surface area contributed by atoms with Gasteiger partial charge < -0.3 is 20.1 Å². The van der Waals surface area contributed by atoms with Crippen molar-refractivity contribution in [3.63, 3.8) is 0 Å². The number of alkyl carbamates (subject to hydrolysis) is 1. The number of carboxylic acid groups (broad SMARTS) is 1. The van der Waals surface area contributed by atoms with Crippen LogP contribution in [-0.4, -0.2) is 77.7 Å². The van der Waals surface area contributed by atoms with Crippen LogP contribution in [0.4, 0.5) is 4.79 Å². The van der Waals surface area contributed by atoms with Crippen LogP contribution in [0.2, 0.25) is 0 Å². The number of hydrogen-bond donors (Lipinski definition) is 2. The molecule has 1 saturated heterocycles. The first-order chi connectivity index (χ1) is 16.3. The molecule has 1 aliphatic carbocycles. The Kier molecular flexibility index (Phi) is 6.88. The number of nitrogens with zero attached hydrogens (tertiary/aromatic N) is 2. The highest BCUT2D eigenvalue weighted by molar-refractivity contribution is 5.89. The molecule has 34 heavy (non-hydrogen) atoms. The van der Waals surface area contributed by atoms with Gasteiger partial charge in [0.05, 0.1) is 6.54 Å². The van der Waals surface area contributed by atoms with Gasteiger partial charge in [-0.15, -0.1) is 0 Å². The molecule has 1 heterocycles. The fourth-order valence-corrected chi connectivity index (χ4v) is 4.80. The predicted octanol–water partition coefficient (Wildman–Crippen LogP) is 2.92. The first kappa shape index (κ1) is 23.8. The number of fused-ring (bicyclic) bond motifs is 3. The molecule has 0 aromatic heterocycles. The Morgan fingerprint density at radius 1 is 1.00 bits per heavy atom. The summed E-state index contributed by atoms with van der Waals surface area (Å²) in [5, 5.41) is 11.8. The summed E-state index contributed by atoms with van der Waals surface area (Å²) in [5.74, 6) is -1.11. The van der Waals surface area contributed by atoms with Gasteiger partial charge in [0.1, 0.15) is 12.1 Å². The summed E-state index contributed by atoms with van der Waals surface area (Å²) in [6.07, 6.45) is -0.213. The summed E-state index contributed by atoms with van der Waals surface area (Å²) >= 11 is 0. The SMILES string of the molecule is CCC(C)(NC(=O)OCC1c2ccccc2-c2ccccc21)C(=O)N1CCN(CC(=O)O)CC1. The predicted molar refractivity (Wildman–Crippen MR) is 128 cm³/mol. The largest absolute Gasteiger partial charge is 0.480 e. The Morgan fingerprint density at radius 3 is 2.09 bits per heavy atom. The number of carbonyl (C=O) groups excluding carboxylic acids is 2. The van der Waals surface area contributed by atoms with Crippen molar-refractivity contribution < 1.29 is 24.2 Å². The Labute approximate surface area is 199 Å². The molecule has 2 N–H and O–H groups in total. The Hall–Kier alpha value is -3.39. The Bertz CT molecular complexity index is 1030. The number of rotatable bonds is 7. The molecule has 8 nitrogen and oxygen atoms in total. The van der Waals surface area contributed by atoms with E-state index < -0.39 is 17.6 Å². The van der Waals surface area contributed by atoms with E-state index >= 15 is 0 Å². The molecule has 180 valence electrons. The van der Waals surface area contributed by atoms with Crippen molar-refractivity contribution in [2.75, 3.05) is 39.3 Å². The molecule has 0 radical (unpaired) electrons. The van der Waals surface area contributed by atoms with Gasteiger partial charge in [0, 0.05) is 32.1 Å². The van der Waals surface area contributed by atoms with Crippen LogP contribution in [0.3, 0.4) is 0 Å². The summed E-state index contributed by atoms with van der Waals surface area (Å²) in [7, 11) is 0. The highest BCUT2D eigenvalue weighted by atomic mass is 16.5. The topological polar surface area (TPSA) is 99.2 Å². The molecule has 0 saturated carbocycles. The average molecular weight is 466 g/mol. The third kappa shape index (κ3) is 4.77. The highest BCUT2D eigenvalue weighted by Crippen LogP contribution is 2.44. The quantitative estimate of drug-likeness (QED) is 0.652. The number of ether oxygens (including phenoxy) is 1. The van der Waals surface area contributed by atoms with Crippen LogP contribution in [-0.2, 0) is 14.3 Å². The van der Waals surface area contributed by atoms with Crippen molar-refractivity contribution in [2.45, 2.75) is 31.7 Å². The Morgan fingerprint density at radius 2 is 1.56 bits per heavy atom. The van der Waals surface area contributed by atoms with Gasteiger partial charge in [-0.3, -0.25) is 14.5 Å². The van der Waals surface area contributed by atoms with Crippen LogP contribution < -0.4 is 5.32 Å². The van der Waals surface area contributed by atoms with Crippen molar-refractivity contribution in [3.8, 4) is 11.1 Å². The molecule has 4 rings (SSSR count). The van der Waals surface area contributed by atoms with E-state index in [0.29, 0.717) is 32.6 Å². The lowest BCUT2D eigenvalue weighted by Gasteiger charge is -2.39. The molecule has 2 amide bonds. The second-order valence-corrected chi connectivity index (χ2v) is 9.10. The van der Waals surface area contributed by atoms with Gasteiger partial charge in [-0.05, 0) is 35.6 Å².